The molecule has 1 aromatic rings. The monoisotopic (exact) mass is 234 g/mol. The van der Waals surface area contributed by atoms with E-state index >= 15 is 0 Å². The van der Waals surface area contributed by atoms with Crippen molar-refractivity contribution >= 4 is 28.7 Å². The summed E-state index contributed by atoms with van der Waals surface area (Å²) in [5.74, 6) is -0.263. The Bertz CT molecular complexity index is 426. The van der Waals surface area contributed by atoms with E-state index in [4.69, 9.17) is 10.7 Å². The molecule has 0 bridgehead atoms. The molecule has 2 N–H and O–H groups in total. The number of carbonyl (C=O) groups is 1. The van der Waals surface area contributed by atoms with Gasteiger partial charge in [0, 0.05) is 18.9 Å². The van der Waals surface area contributed by atoms with Gasteiger partial charge in [0.15, 0.2) is 11.4 Å². The second-order valence-electron chi connectivity index (χ2n) is 2.84. The number of nitriles is 1. The largest absolute Gasteiger partial charge is 0.294 e. The molecule has 0 aliphatic heterocycles. The highest BCUT2D eigenvalue weighted by molar-refractivity contribution is 8.12. The normalized spacial score (nSPS) is 9.00. The Morgan fingerprint density at radius 1 is 1.50 bits per heavy atom. The molecule has 0 saturated heterocycles. The number of benzene rings is 1. The standard InChI is InChI=1S/C10H10N4OS/c1-8(15)13-16-10(12)14(7-11)9-5-3-2-4-6-9/h2-6,12H,1H3,(H,13,15). The zero-order chi connectivity index (χ0) is 12.0. The van der Waals surface area contributed by atoms with Gasteiger partial charge in [0.05, 0.1) is 5.69 Å². The van der Waals surface area contributed by atoms with Crippen molar-refractivity contribution in [3.8, 4) is 6.19 Å². The van der Waals surface area contributed by atoms with E-state index in [1.807, 2.05) is 12.3 Å². The van der Waals surface area contributed by atoms with Crippen LogP contribution in [0.1, 0.15) is 6.92 Å². The smallest absolute Gasteiger partial charge is 0.227 e. The quantitative estimate of drug-likeness (QED) is 0.255. The molecule has 0 fully saturated rings. The predicted octanol–water partition coefficient (Wildman–Crippen LogP) is 1.69. The topological polar surface area (TPSA) is 80.0 Å². The third-order valence-corrected chi connectivity index (χ3v) is 2.37. The second-order valence-corrected chi connectivity index (χ2v) is 3.63. The van der Waals surface area contributed by atoms with Gasteiger partial charge in [-0.3, -0.25) is 14.9 Å². The fraction of sp³-hybridized carbons (Fsp3) is 0.100. The molecule has 0 saturated carbocycles. The lowest BCUT2D eigenvalue weighted by molar-refractivity contribution is -0.117. The van der Waals surface area contributed by atoms with E-state index in [2.05, 4.69) is 4.72 Å². The Labute approximate surface area is 97.7 Å². The Morgan fingerprint density at radius 2 is 2.12 bits per heavy atom. The lowest BCUT2D eigenvalue weighted by Gasteiger charge is -2.14. The van der Waals surface area contributed by atoms with E-state index in [1.165, 1.54) is 6.92 Å². The number of hydrogen-bond donors (Lipinski definition) is 2. The van der Waals surface area contributed by atoms with Crippen molar-refractivity contribution in [1.29, 1.82) is 10.7 Å². The molecule has 1 amide bonds. The number of rotatable bonds is 1. The highest BCUT2D eigenvalue weighted by Gasteiger charge is 2.12. The fourth-order valence-electron chi connectivity index (χ4n) is 0.963. The van der Waals surface area contributed by atoms with E-state index in [0.717, 1.165) is 16.8 Å². The van der Waals surface area contributed by atoms with Crippen LogP contribution in [0, 0.1) is 16.9 Å². The van der Waals surface area contributed by atoms with Crippen LogP contribution in [-0.2, 0) is 4.79 Å². The summed E-state index contributed by atoms with van der Waals surface area (Å²) in [6.07, 6.45) is 1.88. The highest BCUT2D eigenvalue weighted by Crippen LogP contribution is 2.15. The molecule has 0 aliphatic carbocycles. The third-order valence-electron chi connectivity index (χ3n) is 1.61. The molecular formula is C10H10N4OS. The maximum Gasteiger partial charge on any atom is 0.227 e. The summed E-state index contributed by atoms with van der Waals surface area (Å²) in [6, 6.07) is 8.80. The first-order chi connectivity index (χ1) is 7.65. The average Bonchev–Trinajstić information content (AvgIpc) is 2.29. The van der Waals surface area contributed by atoms with Gasteiger partial charge in [-0.15, -0.1) is 0 Å². The fourth-order valence-corrected chi connectivity index (χ4v) is 1.44. The van der Waals surface area contributed by atoms with Crippen LogP contribution in [0.25, 0.3) is 0 Å². The Hall–Kier alpha value is -2.00. The van der Waals surface area contributed by atoms with Crippen molar-refractivity contribution in [2.45, 2.75) is 6.92 Å². The predicted molar refractivity (Wildman–Crippen MR) is 63.7 cm³/mol. The Morgan fingerprint density at radius 3 is 2.62 bits per heavy atom. The number of nitrogens with one attached hydrogen (secondary N) is 2. The number of hydrogen-bond acceptors (Lipinski definition) is 4. The van der Waals surface area contributed by atoms with Gasteiger partial charge in [0.2, 0.25) is 5.91 Å². The summed E-state index contributed by atoms with van der Waals surface area (Å²) in [5.41, 5.74) is 0.591. The first kappa shape index (κ1) is 12.1. The minimum Gasteiger partial charge on any atom is -0.294 e. The second kappa shape index (κ2) is 5.78. The zero-order valence-electron chi connectivity index (χ0n) is 8.60. The van der Waals surface area contributed by atoms with Crippen LogP contribution in [0.4, 0.5) is 5.69 Å². The van der Waals surface area contributed by atoms with Crippen molar-refractivity contribution < 1.29 is 4.79 Å². The zero-order valence-corrected chi connectivity index (χ0v) is 9.41. The molecule has 82 valence electrons. The molecule has 0 unspecified atom stereocenters. The van der Waals surface area contributed by atoms with Gasteiger partial charge in [0.1, 0.15) is 0 Å². The van der Waals surface area contributed by atoms with Gasteiger partial charge in [-0.25, -0.2) is 4.90 Å². The number of anilines is 1. The van der Waals surface area contributed by atoms with E-state index in [-0.39, 0.29) is 11.1 Å². The van der Waals surface area contributed by atoms with Crippen LogP contribution in [0.5, 0.6) is 0 Å². The maximum atomic E-state index is 10.7. The first-order valence-electron chi connectivity index (χ1n) is 4.42. The SMILES string of the molecule is CC(=O)NSC(=N)N(C#N)c1ccccc1. The van der Waals surface area contributed by atoms with E-state index in [9.17, 15) is 4.79 Å². The summed E-state index contributed by atoms with van der Waals surface area (Å²) in [5, 5.41) is 16.5. The van der Waals surface area contributed by atoms with Gasteiger partial charge in [-0.05, 0) is 12.1 Å². The van der Waals surface area contributed by atoms with Crippen molar-refractivity contribution in [2.24, 2.45) is 0 Å². The number of carbonyl (C=O) groups excluding carboxylic acids is 1. The van der Waals surface area contributed by atoms with Crippen LogP contribution in [-0.4, -0.2) is 11.1 Å². The van der Waals surface area contributed by atoms with Crippen LogP contribution in [0.2, 0.25) is 0 Å². The van der Waals surface area contributed by atoms with Crippen molar-refractivity contribution in [3.63, 3.8) is 0 Å². The number of amidine groups is 1. The van der Waals surface area contributed by atoms with Gasteiger partial charge in [0.25, 0.3) is 0 Å². The summed E-state index contributed by atoms with van der Waals surface area (Å²) >= 11 is 0.799. The molecule has 6 heteroatoms. The van der Waals surface area contributed by atoms with E-state index < -0.39 is 0 Å². The minimum atomic E-state index is -0.263. The summed E-state index contributed by atoms with van der Waals surface area (Å²) in [6.45, 7) is 1.35. The Kier molecular flexibility index (Phi) is 4.36. The molecule has 0 atom stereocenters. The number of para-hydroxylation sites is 1. The molecule has 0 radical (unpaired) electrons. The van der Waals surface area contributed by atoms with E-state index in [0.29, 0.717) is 5.69 Å². The van der Waals surface area contributed by atoms with Gasteiger partial charge >= 0.3 is 0 Å². The van der Waals surface area contributed by atoms with Crippen LogP contribution in [0.3, 0.4) is 0 Å². The number of nitrogens with zero attached hydrogens (tertiary/aromatic N) is 2. The van der Waals surface area contributed by atoms with Crippen molar-refractivity contribution in [1.82, 2.24) is 4.72 Å². The van der Waals surface area contributed by atoms with E-state index in [1.54, 1.807) is 24.3 Å². The van der Waals surface area contributed by atoms with Gasteiger partial charge < -0.3 is 0 Å². The summed E-state index contributed by atoms with van der Waals surface area (Å²) in [4.78, 5) is 11.8. The minimum absolute atomic E-state index is 0.0519. The molecule has 0 aliphatic rings. The molecule has 16 heavy (non-hydrogen) atoms. The van der Waals surface area contributed by atoms with Crippen LogP contribution in [0.15, 0.2) is 30.3 Å². The lowest BCUT2D eigenvalue weighted by Crippen LogP contribution is -2.26. The molecule has 0 spiro atoms. The molecule has 0 heterocycles. The molecule has 5 nitrogen and oxygen atoms in total. The van der Waals surface area contributed by atoms with Gasteiger partial charge in [-0.2, -0.15) is 5.26 Å². The van der Waals surface area contributed by atoms with Crippen molar-refractivity contribution in [3.05, 3.63) is 30.3 Å². The van der Waals surface area contributed by atoms with Crippen LogP contribution < -0.4 is 9.62 Å². The first-order valence-corrected chi connectivity index (χ1v) is 5.23. The lowest BCUT2D eigenvalue weighted by atomic mass is 10.3. The Balaban J connectivity index is 2.73. The van der Waals surface area contributed by atoms with Gasteiger partial charge in [-0.1, -0.05) is 18.2 Å². The molecular weight excluding hydrogens is 224 g/mol. The van der Waals surface area contributed by atoms with Crippen molar-refractivity contribution in [2.75, 3.05) is 4.90 Å². The summed E-state index contributed by atoms with van der Waals surface area (Å²) < 4.78 is 2.39. The third kappa shape index (κ3) is 3.29. The molecule has 0 aromatic heterocycles. The number of amides is 1. The summed E-state index contributed by atoms with van der Waals surface area (Å²) in [7, 11) is 0. The molecule has 1 aromatic carbocycles. The average molecular weight is 234 g/mol. The maximum absolute atomic E-state index is 10.7. The highest BCUT2D eigenvalue weighted by atomic mass is 32.2. The van der Waals surface area contributed by atoms with Crippen LogP contribution >= 0.6 is 11.9 Å². The molecule has 1 rings (SSSR count).